The lowest BCUT2D eigenvalue weighted by atomic mass is 10.1. The molecule has 1 aliphatic heterocycles. The molecule has 2 rings (SSSR count). The first-order valence-electron chi connectivity index (χ1n) is 5.86. The van der Waals surface area contributed by atoms with E-state index < -0.39 is 37.1 Å². The number of amides is 1. The van der Waals surface area contributed by atoms with E-state index in [9.17, 15) is 15.0 Å². The van der Waals surface area contributed by atoms with E-state index in [0.717, 1.165) is 0 Å². The van der Waals surface area contributed by atoms with Gasteiger partial charge in [0.2, 0.25) is 0 Å². The van der Waals surface area contributed by atoms with Crippen molar-refractivity contribution in [2.45, 2.75) is 31.0 Å². The lowest BCUT2D eigenvalue weighted by Crippen LogP contribution is -2.33. The van der Waals surface area contributed by atoms with Crippen LogP contribution in [-0.4, -0.2) is 55.7 Å². The zero-order valence-corrected chi connectivity index (χ0v) is 10.4. The fourth-order valence-corrected chi connectivity index (χ4v) is 2.17. The van der Waals surface area contributed by atoms with Crippen LogP contribution in [0.3, 0.4) is 0 Å². The second-order valence-electron chi connectivity index (χ2n) is 4.38. The van der Waals surface area contributed by atoms with Gasteiger partial charge in [-0.2, -0.15) is 5.26 Å². The van der Waals surface area contributed by atoms with Crippen LogP contribution in [0.25, 0.3) is 0 Å². The summed E-state index contributed by atoms with van der Waals surface area (Å²) >= 11 is 0. The molecule has 1 amide bonds. The van der Waals surface area contributed by atoms with Crippen LogP contribution in [0.4, 0.5) is 0 Å². The largest absolute Gasteiger partial charge is 0.394 e. The molecule has 0 saturated carbocycles. The minimum Gasteiger partial charge on any atom is -0.394 e. The molecule has 5 N–H and O–H groups in total. The summed E-state index contributed by atoms with van der Waals surface area (Å²) in [5.41, 5.74) is 5.25. The predicted octanol–water partition coefficient (Wildman–Crippen LogP) is -2.34. The average Bonchev–Trinajstić information content (AvgIpc) is 2.94. The Morgan fingerprint density at radius 3 is 2.75 bits per heavy atom. The molecule has 4 unspecified atom stereocenters. The molecular weight excluding hydrogens is 268 g/mol. The number of aliphatic hydroxyl groups excluding tert-OH is 3. The quantitative estimate of drug-likeness (QED) is 0.482. The Balaban J connectivity index is 2.38. The molecule has 2 heterocycles. The third-order valence-electron chi connectivity index (χ3n) is 3.17. The van der Waals surface area contributed by atoms with Crippen molar-refractivity contribution in [2.24, 2.45) is 5.73 Å². The zero-order chi connectivity index (χ0) is 14.9. The third-order valence-corrected chi connectivity index (χ3v) is 3.17. The summed E-state index contributed by atoms with van der Waals surface area (Å²) in [4.78, 5) is 15.0. The fourth-order valence-electron chi connectivity index (χ4n) is 2.17. The molecule has 0 bridgehead atoms. The van der Waals surface area contributed by atoms with Gasteiger partial charge in [-0.1, -0.05) is 0 Å². The molecule has 1 aromatic rings. The van der Waals surface area contributed by atoms with Crippen LogP contribution in [-0.2, 0) is 11.2 Å². The van der Waals surface area contributed by atoms with Gasteiger partial charge in [0, 0.05) is 0 Å². The fraction of sp³-hybridized carbons (Fsp3) is 0.545. The highest BCUT2D eigenvalue weighted by Gasteiger charge is 2.44. The van der Waals surface area contributed by atoms with E-state index in [1.54, 1.807) is 0 Å². The summed E-state index contributed by atoms with van der Waals surface area (Å²) in [5, 5.41) is 37.4. The summed E-state index contributed by atoms with van der Waals surface area (Å²) in [7, 11) is 0. The smallest absolute Gasteiger partial charge is 0.269 e. The summed E-state index contributed by atoms with van der Waals surface area (Å²) in [6.45, 7) is -0.473. The summed E-state index contributed by atoms with van der Waals surface area (Å²) < 4.78 is 6.58. The van der Waals surface area contributed by atoms with Crippen molar-refractivity contribution >= 4 is 5.91 Å². The van der Waals surface area contributed by atoms with Crippen molar-refractivity contribution in [3.63, 3.8) is 0 Å². The van der Waals surface area contributed by atoms with Crippen molar-refractivity contribution < 1.29 is 24.9 Å². The normalized spacial score (nSPS) is 29.3. The third kappa shape index (κ3) is 2.25. The van der Waals surface area contributed by atoms with Gasteiger partial charge in [0.25, 0.3) is 5.91 Å². The van der Waals surface area contributed by atoms with Gasteiger partial charge in [-0.15, -0.1) is 0 Å². The molecule has 0 radical (unpaired) electrons. The molecule has 0 aromatic carbocycles. The van der Waals surface area contributed by atoms with E-state index in [0.29, 0.717) is 0 Å². The van der Waals surface area contributed by atoms with Gasteiger partial charge in [-0.25, -0.2) is 4.98 Å². The highest BCUT2D eigenvalue weighted by molar-refractivity contribution is 5.92. The van der Waals surface area contributed by atoms with Crippen LogP contribution < -0.4 is 5.73 Å². The number of primary amides is 1. The van der Waals surface area contributed by atoms with Crippen molar-refractivity contribution in [3.8, 4) is 6.07 Å². The van der Waals surface area contributed by atoms with E-state index in [1.165, 1.54) is 10.9 Å². The molecule has 1 aromatic heterocycles. The van der Waals surface area contributed by atoms with Gasteiger partial charge in [-0.05, 0) is 0 Å². The molecule has 20 heavy (non-hydrogen) atoms. The molecule has 1 saturated heterocycles. The number of aromatic nitrogens is 2. The van der Waals surface area contributed by atoms with Crippen LogP contribution in [0, 0.1) is 11.3 Å². The monoisotopic (exact) mass is 282 g/mol. The maximum atomic E-state index is 11.2. The number of carbonyl (C=O) groups is 1. The second-order valence-corrected chi connectivity index (χ2v) is 4.38. The highest BCUT2D eigenvalue weighted by Crippen LogP contribution is 2.31. The van der Waals surface area contributed by atoms with E-state index in [2.05, 4.69) is 4.98 Å². The van der Waals surface area contributed by atoms with Gasteiger partial charge in [0.15, 0.2) is 6.23 Å². The van der Waals surface area contributed by atoms with Gasteiger partial charge < -0.3 is 30.4 Å². The first-order chi connectivity index (χ1) is 9.51. The van der Waals surface area contributed by atoms with Crippen molar-refractivity contribution in [1.82, 2.24) is 9.55 Å². The van der Waals surface area contributed by atoms with Gasteiger partial charge >= 0.3 is 0 Å². The number of carbonyl (C=O) groups excluding carboxylic acids is 1. The molecular formula is C11H14N4O5. The number of nitriles is 1. The lowest BCUT2D eigenvalue weighted by Gasteiger charge is -2.18. The predicted molar refractivity (Wildman–Crippen MR) is 63.1 cm³/mol. The van der Waals surface area contributed by atoms with Crippen molar-refractivity contribution in [3.05, 3.63) is 17.7 Å². The summed E-state index contributed by atoms with van der Waals surface area (Å²) in [6, 6.07) is 1.86. The van der Waals surface area contributed by atoms with Crippen LogP contribution >= 0.6 is 0 Å². The number of imidazole rings is 1. The molecule has 1 fully saturated rings. The van der Waals surface area contributed by atoms with Crippen LogP contribution in [0.5, 0.6) is 0 Å². The van der Waals surface area contributed by atoms with Crippen LogP contribution in [0.15, 0.2) is 6.33 Å². The van der Waals surface area contributed by atoms with Crippen LogP contribution in [0.2, 0.25) is 0 Å². The van der Waals surface area contributed by atoms with Gasteiger partial charge in [0.1, 0.15) is 24.0 Å². The van der Waals surface area contributed by atoms with Gasteiger partial charge in [0.05, 0.1) is 31.1 Å². The Labute approximate surface area is 113 Å². The molecule has 108 valence electrons. The lowest BCUT2D eigenvalue weighted by molar-refractivity contribution is -0.0537. The second kappa shape index (κ2) is 5.56. The van der Waals surface area contributed by atoms with Crippen molar-refractivity contribution in [1.29, 1.82) is 5.26 Å². The minimum atomic E-state index is -1.32. The molecule has 0 aliphatic carbocycles. The van der Waals surface area contributed by atoms with E-state index in [4.69, 9.17) is 20.8 Å². The number of rotatable bonds is 4. The number of aliphatic hydroxyl groups is 3. The molecule has 0 spiro atoms. The van der Waals surface area contributed by atoms with E-state index >= 15 is 0 Å². The first-order valence-corrected chi connectivity index (χ1v) is 5.86. The molecule has 9 heteroatoms. The first kappa shape index (κ1) is 14.4. The highest BCUT2D eigenvalue weighted by atomic mass is 16.6. The Kier molecular flexibility index (Phi) is 4.01. The Morgan fingerprint density at radius 2 is 2.25 bits per heavy atom. The number of nitrogens with two attached hydrogens (primary N) is 1. The molecule has 4 atom stereocenters. The number of hydrogen-bond acceptors (Lipinski definition) is 7. The Bertz CT molecular complexity index is 551. The van der Waals surface area contributed by atoms with Crippen molar-refractivity contribution in [2.75, 3.05) is 6.61 Å². The number of nitrogens with zero attached hydrogens (tertiary/aromatic N) is 3. The summed E-state index contributed by atoms with van der Waals surface area (Å²) in [5.74, 6) is -0.805. The van der Waals surface area contributed by atoms with E-state index in [-0.39, 0.29) is 17.8 Å². The van der Waals surface area contributed by atoms with Crippen LogP contribution in [0.1, 0.15) is 22.4 Å². The molecule has 1 aliphatic rings. The topological polar surface area (TPSA) is 155 Å². The van der Waals surface area contributed by atoms with E-state index in [1.807, 2.05) is 6.07 Å². The summed E-state index contributed by atoms with van der Waals surface area (Å²) in [6.07, 6.45) is -3.56. The SMILES string of the molecule is N#CCc1c(C(N)=O)ncn1C1OC(CO)C(O)C1O. The minimum absolute atomic E-state index is 0.0933. The number of hydrogen-bond donors (Lipinski definition) is 4. The Morgan fingerprint density at radius 1 is 1.55 bits per heavy atom. The number of ether oxygens (including phenoxy) is 1. The maximum absolute atomic E-state index is 11.2. The average molecular weight is 282 g/mol. The molecule has 9 nitrogen and oxygen atoms in total. The maximum Gasteiger partial charge on any atom is 0.269 e. The standard InChI is InChI=1S/C11H14N4O5/c12-2-1-5-7(10(13)19)14-4-15(5)11-9(18)8(17)6(3-16)20-11/h4,6,8-9,11,16-18H,1,3H2,(H2,13,19). The Hall–Kier alpha value is -1.99. The zero-order valence-electron chi connectivity index (χ0n) is 10.4. The van der Waals surface area contributed by atoms with Gasteiger partial charge in [-0.3, -0.25) is 4.79 Å².